The molecule has 0 unspecified atom stereocenters. The van der Waals surface area contributed by atoms with Gasteiger partial charge in [0.05, 0.1) is 0 Å². The van der Waals surface area contributed by atoms with Crippen LogP contribution in [0.4, 0.5) is 4.79 Å². The first-order valence-corrected chi connectivity index (χ1v) is 6.55. The molecule has 0 aliphatic carbocycles. The number of amides is 1. The Bertz CT molecular complexity index is 267. The number of carbonyl (C=O) groups excluding carboxylic acids is 1. The van der Waals surface area contributed by atoms with Gasteiger partial charge in [0.15, 0.2) is 0 Å². The van der Waals surface area contributed by atoms with Crippen LogP contribution in [0, 0.1) is 0 Å². The Kier molecular flexibility index (Phi) is 4.42. The third-order valence-electron chi connectivity index (χ3n) is 3.38. The zero-order valence-electron chi connectivity index (χ0n) is 11.8. The Labute approximate surface area is 105 Å². The van der Waals surface area contributed by atoms with Crippen LogP contribution in [0.15, 0.2) is 0 Å². The first-order chi connectivity index (χ1) is 7.82. The van der Waals surface area contributed by atoms with Crippen LogP contribution in [0.1, 0.15) is 47.5 Å². The summed E-state index contributed by atoms with van der Waals surface area (Å²) in [5.74, 6) is 0. The maximum Gasteiger partial charge on any atom is 0.410 e. The average Bonchev–Trinajstić information content (AvgIpc) is 2.27. The van der Waals surface area contributed by atoms with Crippen molar-refractivity contribution in [2.75, 3.05) is 19.6 Å². The summed E-state index contributed by atoms with van der Waals surface area (Å²) in [5.41, 5.74) is -0.349. The highest BCUT2D eigenvalue weighted by Crippen LogP contribution is 2.21. The van der Waals surface area contributed by atoms with Crippen LogP contribution < -0.4 is 5.32 Å². The van der Waals surface area contributed by atoms with Gasteiger partial charge in [-0.3, -0.25) is 0 Å². The molecule has 0 spiro atoms. The minimum Gasteiger partial charge on any atom is -0.444 e. The number of nitrogens with one attached hydrogen (secondary N) is 1. The first-order valence-electron chi connectivity index (χ1n) is 6.55. The van der Waals surface area contributed by atoms with Crippen molar-refractivity contribution in [3.8, 4) is 0 Å². The Morgan fingerprint density at radius 2 is 1.94 bits per heavy atom. The van der Waals surface area contributed by atoms with E-state index in [1.807, 2.05) is 25.7 Å². The van der Waals surface area contributed by atoms with Crippen molar-refractivity contribution in [1.29, 1.82) is 0 Å². The van der Waals surface area contributed by atoms with E-state index in [0.29, 0.717) is 0 Å². The van der Waals surface area contributed by atoms with Crippen molar-refractivity contribution in [3.05, 3.63) is 0 Å². The summed E-state index contributed by atoms with van der Waals surface area (Å²) >= 11 is 0. The zero-order chi connectivity index (χ0) is 13.1. The van der Waals surface area contributed by atoms with Gasteiger partial charge in [0.1, 0.15) is 5.60 Å². The highest BCUT2D eigenvalue weighted by molar-refractivity contribution is 5.68. The molecule has 1 heterocycles. The van der Waals surface area contributed by atoms with E-state index in [4.69, 9.17) is 4.74 Å². The number of piperazine rings is 1. The molecule has 0 aromatic heterocycles. The standard InChI is InChI=1S/C13H26N2O2/c1-6-13(7-2)10-15(9-8-14-13)11(16)17-12(3,4)5/h14H,6-10H2,1-5H3. The van der Waals surface area contributed by atoms with Crippen LogP contribution in [-0.2, 0) is 4.74 Å². The zero-order valence-corrected chi connectivity index (χ0v) is 11.8. The number of nitrogens with zero attached hydrogens (tertiary/aromatic N) is 1. The molecule has 4 heteroatoms. The minimum atomic E-state index is -0.414. The smallest absolute Gasteiger partial charge is 0.410 e. The van der Waals surface area contributed by atoms with E-state index in [-0.39, 0.29) is 11.6 Å². The number of rotatable bonds is 2. The molecule has 0 atom stereocenters. The number of carbonyl (C=O) groups is 1. The molecule has 0 saturated carbocycles. The normalized spacial score (nSPS) is 20.2. The fourth-order valence-corrected chi connectivity index (χ4v) is 2.16. The van der Waals surface area contributed by atoms with Gasteiger partial charge in [-0.1, -0.05) is 13.8 Å². The first kappa shape index (κ1) is 14.3. The fraction of sp³-hybridized carbons (Fsp3) is 0.923. The van der Waals surface area contributed by atoms with E-state index in [9.17, 15) is 4.79 Å². The van der Waals surface area contributed by atoms with Crippen LogP contribution in [0.3, 0.4) is 0 Å². The molecule has 1 aliphatic rings. The third-order valence-corrected chi connectivity index (χ3v) is 3.38. The van der Waals surface area contributed by atoms with Crippen molar-refractivity contribution >= 4 is 6.09 Å². The summed E-state index contributed by atoms with van der Waals surface area (Å²) in [7, 11) is 0. The van der Waals surface area contributed by atoms with E-state index in [1.165, 1.54) is 0 Å². The topological polar surface area (TPSA) is 41.6 Å². The van der Waals surface area contributed by atoms with Gasteiger partial charge >= 0.3 is 6.09 Å². The molecule has 0 aromatic rings. The summed E-state index contributed by atoms with van der Waals surface area (Å²) in [4.78, 5) is 13.8. The largest absolute Gasteiger partial charge is 0.444 e. The summed E-state index contributed by atoms with van der Waals surface area (Å²) in [6.07, 6.45) is 1.87. The Hall–Kier alpha value is -0.770. The lowest BCUT2D eigenvalue weighted by atomic mass is 9.90. The van der Waals surface area contributed by atoms with Gasteiger partial charge in [0, 0.05) is 25.2 Å². The van der Waals surface area contributed by atoms with E-state index in [0.717, 1.165) is 32.5 Å². The van der Waals surface area contributed by atoms with Crippen molar-refractivity contribution < 1.29 is 9.53 Å². The summed E-state index contributed by atoms with van der Waals surface area (Å²) in [6, 6.07) is 0. The average molecular weight is 242 g/mol. The van der Waals surface area contributed by atoms with E-state index in [2.05, 4.69) is 19.2 Å². The molecule has 1 rings (SSSR count). The molecular formula is C13H26N2O2. The molecular weight excluding hydrogens is 216 g/mol. The Morgan fingerprint density at radius 3 is 2.41 bits per heavy atom. The molecule has 1 aliphatic heterocycles. The fourth-order valence-electron chi connectivity index (χ4n) is 2.16. The second kappa shape index (κ2) is 5.25. The van der Waals surface area contributed by atoms with Crippen molar-refractivity contribution in [3.63, 3.8) is 0 Å². The molecule has 0 aromatic carbocycles. The van der Waals surface area contributed by atoms with E-state index >= 15 is 0 Å². The molecule has 1 amide bonds. The van der Waals surface area contributed by atoms with Crippen LogP contribution in [0.25, 0.3) is 0 Å². The lowest BCUT2D eigenvalue weighted by Gasteiger charge is -2.43. The van der Waals surface area contributed by atoms with Gasteiger partial charge in [0.2, 0.25) is 0 Å². The predicted octanol–water partition coefficient (Wildman–Crippen LogP) is 2.39. The van der Waals surface area contributed by atoms with Crippen LogP contribution in [0.2, 0.25) is 0 Å². The molecule has 1 N–H and O–H groups in total. The van der Waals surface area contributed by atoms with Gasteiger partial charge in [0.25, 0.3) is 0 Å². The molecule has 0 bridgehead atoms. The van der Waals surface area contributed by atoms with Crippen LogP contribution in [-0.4, -0.2) is 41.8 Å². The third kappa shape index (κ3) is 3.87. The highest BCUT2D eigenvalue weighted by Gasteiger charge is 2.35. The molecule has 17 heavy (non-hydrogen) atoms. The second-order valence-corrected chi connectivity index (χ2v) is 5.82. The van der Waals surface area contributed by atoms with E-state index < -0.39 is 5.60 Å². The van der Waals surface area contributed by atoms with Gasteiger partial charge in [-0.25, -0.2) is 4.79 Å². The number of hydrogen-bond acceptors (Lipinski definition) is 3. The highest BCUT2D eigenvalue weighted by atomic mass is 16.6. The van der Waals surface area contributed by atoms with Crippen LogP contribution in [0.5, 0.6) is 0 Å². The monoisotopic (exact) mass is 242 g/mol. The van der Waals surface area contributed by atoms with Crippen molar-refractivity contribution in [1.82, 2.24) is 10.2 Å². The lowest BCUT2D eigenvalue weighted by Crippen LogP contribution is -2.61. The second-order valence-electron chi connectivity index (χ2n) is 5.82. The van der Waals surface area contributed by atoms with Crippen molar-refractivity contribution in [2.45, 2.75) is 58.6 Å². The van der Waals surface area contributed by atoms with Crippen LogP contribution >= 0.6 is 0 Å². The molecule has 1 saturated heterocycles. The summed E-state index contributed by atoms with van der Waals surface area (Å²) < 4.78 is 5.42. The summed E-state index contributed by atoms with van der Waals surface area (Å²) in [6.45, 7) is 12.4. The SMILES string of the molecule is CCC1(CC)CN(C(=O)OC(C)(C)C)CCN1. The quantitative estimate of drug-likeness (QED) is 0.808. The Morgan fingerprint density at radius 1 is 1.35 bits per heavy atom. The van der Waals surface area contributed by atoms with Gasteiger partial charge < -0.3 is 15.0 Å². The van der Waals surface area contributed by atoms with Gasteiger partial charge in [-0.15, -0.1) is 0 Å². The minimum absolute atomic E-state index is 0.0646. The Balaban J connectivity index is 2.63. The maximum absolute atomic E-state index is 12.0. The maximum atomic E-state index is 12.0. The number of ether oxygens (including phenoxy) is 1. The van der Waals surface area contributed by atoms with Gasteiger partial charge in [-0.2, -0.15) is 0 Å². The van der Waals surface area contributed by atoms with Crippen molar-refractivity contribution in [2.24, 2.45) is 0 Å². The molecule has 4 nitrogen and oxygen atoms in total. The summed E-state index contributed by atoms with van der Waals surface area (Å²) in [5, 5.41) is 3.53. The predicted molar refractivity (Wildman–Crippen MR) is 69.1 cm³/mol. The molecule has 100 valence electrons. The lowest BCUT2D eigenvalue weighted by molar-refractivity contribution is 0.0114. The molecule has 1 fully saturated rings. The van der Waals surface area contributed by atoms with E-state index in [1.54, 1.807) is 0 Å². The molecule has 0 radical (unpaired) electrons. The van der Waals surface area contributed by atoms with Gasteiger partial charge in [-0.05, 0) is 33.6 Å². The number of hydrogen-bond donors (Lipinski definition) is 1.